The molecular formula is C28H24ClF4NO5S. The number of fused-ring (bicyclic) bond motifs is 1. The SMILES string of the molecule is COC(=O)CC[C@H]1CN(S(=O)(=O)c2cccc(C(F)(F)F)c2)c2cc(C(C)=Cc3c(F)cccc3Cl)ccc2O1. The normalized spacial score (nSPS) is 15.8. The highest BCUT2D eigenvalue weighted by Crippen LogP contribution is 2.41. The second-order valence-electron chi connectivity index (χ2n) is 9.06. The molecule has 3 aromatic rings. The maximum Gasteiger partial charge on any atom is 0.416 e. The van der Waals surface area contributed by atoms with Crippen LogP contribution >= 0.6 is 11.6 Å². The Labute approximate surface area is 233 Å². The van der Waals surface area contributed by atoms with E-state index in [4.69, 9.17) is 16.3 Å². The van der Waals surface area contributed by atoms with Crippen molar-refractivity contribution in [3.05, 3.63) is 88.2 Å². The number of sulfonamides is 1. The lowest BCUT2D eigenvalue weighted by Crippen LogP contribution is -2.43. The van der Waals surface area contributed by atoms with E-state index in [1.54, 1.807) is 13.0 Å². The topological polar surface area (TPSA) is 72.9 Å². The van der Waals surface area contributed by atoms with Gasteiger partial charge in [-0.2, -0.15) is 13.2 Å². The number of ether oxygens (including phenoxy) is 2. The molecule has 0 saturated heterocycles. The third-order valence-electron chi connectivity index (χ3n) is 6.35. The number of carbonyl (C=O) groups excluding carboxylic acids is 1. The van der Waals surface area contributed by atoms with Crippen molar-refractivity contribution in [3.63, 3.8) is 0 Å². The Bertz CT molecular complexity index is 1550. The Balaban J connectivity index is 1.79. The minimum Gasteiger partial charge on any atom is -0.486 e. The van der Waals surface area contributed by atoms with E-state index in [2.05, 4.69) is 4.74 Å². The van der Waals surface area contributed by atoms with E-state index >= 15 is 0 Å². The van der Waals surface area contributed by atoms with Crippen molar-refractivity contribution in [2.75, 3.05) is 18.0 Å². The van der Waals surface area contributed by atoms with Gasteiger partial charge in [0.2, 0.25) is 0 Å². The van der Waals surface area contributed by atoms with Gasteiger partial charge in [0.15, 0.2) is 0 Å². The highest BCUT2D eigenvalue weighted by Gasteiger charge is 2.37. The standard InChI is InChI=1S/C28H24ClF4NO5S/c1-17(13-22-23(29)7-4-8-24(22)30)18-9-11-26-25(14-18)34(16-20(39-26)10-12-27(35)38-2)40(36,37)21-6-3-5-19(15-21)28(31,32)33/h3-9,11,13-15,20H,10,12,16H2,1-2H3/t20-/m0/s1. The zero-order valence-corrected chi connectivity index (χ0v) is 22.9. The molecule has 0 aromatic heterocycles. The Morgan fingerprint density at radius 2 is 1.88 bits per heavy atom. The van der Waals surface area contributed by atoms with Crippen molar-refractivity contribution in [1.29, 1.82) is 0 Å². The van der Waals surface area contributed by atoms with Crippen molar-refractivity contribution in [2.24, 2.45) is 0 Å². The summed E-state index contributed by atoms with van der Waals surface area (Å²) in [4.78, 5) is 11.1. The smallest absolute Gasteiger partial charge is 0.416 e. The van der Waals surface area contributed by atoms with Crippen molar-refractivity contribution < 1.29 is 40.2 Å². The summed E-state index contributed by atoms with van der Waals surface area (Å²) in [5.41, 5.74) is 0.153. The minimum atomic E-state index is -4.75. The third kappa shape index (κ3) is 6.26. The molecule has 0 saturated carbocycles. The molecule has 1 aliphatic heterocycles. The van der Waals surface area contributed by atoms with Crippen LogP contribution in [0, 0.1) is 5.82 Å². The number of methoxy groups -OCH3 is 1. The van der Waals surface area contributed by atoms with Crippen LogP contribution in [0.4, 0.5) is 23.2 Å². The monoisotopic (exact) mass is 597 g/mol. The van der Waals surface area contributed by atoms with Gasteiger partial charge in [0, 0.05) is 12.0 Å². The first-order chi connectivity index (χ1) is 18.8. The number of allylic oxidation sites excluding steroid dienone is 1. The van der Waals surface area contributed by atoms with E-state index < -0.39 is 44.5 Å². The summed E-state index contributed by atoms with van der Waals surface area (Å²) in [5, 5.41) is 0.183. The number of rotatable bonds is 7. The highest BCUT2D eigenvalue weighted by atomic mass is 35.5. The maximum absolute atomic E-state index is 14.4. The summed E-state index contributed by atoms with van der Waals surface area (Å²) in [7, 11) is -3.30. The fourth-order valence-corrected chi connectivity index (χ4v) is 5.99. The van der Waals surface area contributed by atoms with Gasteiger partial charge < -0.3 is 9.47 Å². The molecule has 6 nitrogen and oxygen atoms in total. The number of esters is 1. The minimum absolute atomic E-state index is 0.0583. The molecule has 40 heavy (non-hydrogen) atoms. The van der Waals surface area contributed by atoms with E-state index in [0.29, 0.717) is 17.2 Å². The first-order valence-corrected chi connectivity index (χ1v) is 13.8. The van der Waals surface area contributed by atoms with Crippen LogP contribution in [0.5, 0.6) is 5.75 Å². The molecular weight excluding hydrogens is 574 g/mol. The fourth-order valence-electron chi connectivity index (χ4n) is 4.22. The Hall–Kier alpha value is -3.57. The van der Waals surface area contributed by atoms with E-state index in [9.17, 15) is 30.8 Å². The van der Waals surface area contributed by atoms with Crippen molar-refractivity contribution >= 4 is 44.9 Å². The largest absolute Gasteiger partial charge is 0.486 e. The van der Waals surface area contributed by atoms with Crippen molar-refractivity contribution in [1.82, 2.24) is 0 Å². The molecule has 1 atom stereocenters. The molecule has 0 radical (unpaired) electrons. The predicted octanol–water partition coefficient (Wildman–Crippen LogP) is 6.97. The lowest BCUT2D eigenvalue weighted by Gasteiger charge is -2.36. The molecule has 0 aliphatic carbocycles. The fraction of sp³-hybridized carbons (Fsp3) is 0.250. The van der Waals surface area contributed by atoms with Gasteiger partial charge in [-0.05, 0) is 73.0 Å². The Kier molecular flexibility index (Phi) is 8.46. The van der Waals surface area contributed by atoms with Gasteiger partial charge in [-0.1, -0.05) is 29.8 Å². The van der Waals surface area contributed by atoms with Crippen LogP contribution in [0.15, 0.2) is 65.6 Å². The first kappa shape index (κ1) is 29.4. The van der Waals surface area contributed by atoms with Crippen molar-refractivity contribution in [3.8, 4) is 5.75 Å². The molecule has 0 spiro atoms. The van der Waals surface area contributed by atoms with Crippen LogP contribution in [-0.2, 0) is 25.7 Å². The summed E-state index contributed by atoms with van der Waals surface area (Å²) in [5.74, 6) is -0.919. The zero-order chi connectivity index (χ0) is 29.2. The summed E-state index contributed by atoms with van der Waals surface area (Å²) in [6.45, 7) is 1.41. The molecule has 12 heteroatoms. The molecule has 4 rings (SSSR count). The molecule has 0 bridgehead atoms. The molecule has 0 fully saturated rings. The number of hydrogen-bond donors (Lipinski definition) is 0. The van der Waals surface area contributed by atoms with Crippen LogP contribution in [-0.4, -0.2) is 34.1 Å². The molecule has 212 valence electrons. The summed E-state index contributed by atoms with van der Waals surface area (Å²) in [6, 6.07) is 12.4. The van der Waals surface area contributed by atoms with Crippen LogP contribution in [0.2, 0.25) is 5.02 Å². The predicted molar refractivity (Wildman–Crippen MR) is 143 cm³/mol. The maximum atomic E-state index is 14.4. The number of carbonyl (C=O) groups is 1. The van der Waals surface area contributed by atoms with Gasteiger partial charge in [0.05, 0.1) is 34.8 Å². The van der Waals surface area contributed by atoms with Gasteiger partial charge in [0.1, 0.15) is 17.7 Å². The van der Waals surface area contributed by atoms with Crippen molar-refractivity contribution in [2.45, 2.75) is 36.9 Å². The summed E-state index contributed by atoms with van der Waals surface area (Å²) >= 11 is 6.15. The number of nitrogens with zero attached hydrogens (tertiary/aromatic N) is 1. The number of anilines is 1. The number of halogens is 5. The first-order valence-electron chi connectivity index (χ1n) is 12.0. The van der Waals surface area contributed by atoms with Gasteiger partial charge in [0.25, 0.3) is 10.0 Å². The molecule has 0 N–H and O–H groups in total. The zero-order valence-electron chi connectivity index (χ0n) is 21.3. The lowest BCUT2D eigenvalue weighted by molar-refractivity contribution is -0.141. The molecule has 1 aliphatic rings. The summed E-state index contributed by atoms with van der Waals surface area (Å²) in [6.07, 6.45) is -3.98. The quantitative estimate of drug-likeness (QED) is 0.167. The van der Waals surface area contributed by atoms with Crippen LogP contribution in [0.25, 0.3) is 11.6 Å². The lowest BCUT2D eigenvalue weighted by atomic mass is 10.0. The number of alkyl halides is 3. The Morgan fingerprint density at radius 3 is 2.55 bits per heavy atom. The average molecular weight is 598 g/mol. The number of benzene rings is 3. The van der Waals surface area contributed by atoms with E-state index in [0.717, 1.165) is 22.5 Å². The van der Waals surface area contributed by atoms with Crippen LogP contribution < -0.4 is 9.04 Å². The van der Waals surface area contributed by atoms with E-state index in [1.165, 1.54) is 43.5 Å². The second-order valence-corrected chi connectivity index (χ2v) is 11.3. The van der Waals surface area contributed by atoms with Gasteiger partial charge in [-0.3, -0.25) is 9.10 Å². The number of hydrogen-bond acceptors (Lipinski definition) is 5. The van der Waals surface area contributed by atoms with Gasteiger partial charge >= 0.3 is 12.1 Å². The third-order valence-corrected chi connectivity index (χ3v) is 8.46. The van der Waals surface area contributed by atoms with Gasteiger partial charge in [-0.25, -0.2) is 12.8 Å². The van der Waals surface area contributed by atoms with E-state index in [-0.39, 0.29) is 41.4 Å². The van der Waals surface area contributed by atoms with Crippen LogP contribution in [0.3, 0.4) is 0 Å². The van der Waals surface area contributed by atoms with E-state index in [1.807, 2.05) is 0 Å². The second kappa shape index (κ2) is 11.5. The molecule has 0 amide bonds. The molecule has 3 aromatic carbocycles. The van der Waals surface area contributed by atoms with Gasteiger partial charge in [-0.15, -0.1) is 0 Å². The molecule has 0 unspecified atom stereocenters. The summed E-state index contributed by atoms with van der Waals surface area (Å²) < 4.78 is 93.6. The molecule has 1 heterocycles. The average Bonchev–Trinajstić information content (AvgIpc) is 2.92. The Morgan fingerprint density at radius 1 is 1.15 bits per heavy atom. The van der Waals surface area contributed by atoms with Crippen LogP contribution in [0.1, 0.15) is 36.5 Å². The highest BCUT2D eigenvalue weighted by molar-refractivity contribution is 7.92.